The third-order valence-electron chi connectivity index (χ3n) is 5.18. The molecular formula is C26H39N3O2. The van der Waals surface area contributed by atoms with E-state index in [0.717, 1.165) is 17.5 Å². The molecule has 0 spiro atoms. The molecule has 0 heterocycles. The molecule has 2 rings (SSSR count). The smallest absolute Gasteiger partial charge is 0.237 e. The first-order valence-electron chi connectivity index (χ1n) is 10.8. The Balaban J connectivity index is 0.00000480. The molecular weight excluding hydrogens is 386 g/mol. The SMILES string of the molecule is C.CC(C)N[C@H](CCc1ccccc1)C(=O)N[C@@H](C)C(=O)CCc1ccc(CN)cc1. The molecule has 5 nitrogen and oxygen atoms in total. The van der Waals surface area contributed by atoms with Crippen molar-refractivity contribution in [3.8, 4) is 0 Å². The lowest BCUT2D eigenvalue weighted by atomic mass is 10.0. The van der Waals surface area contributed by atoms with Gasteiger partial charge in [-0.1, -0.05) is 75.9 Å². The van der Waals surface area contributed by atoms with Gasteiger partial charge in [0.15, 0.2) is 5.78 Å². The zero-order valence-electron chi connectivity index (χ0n) is 18.4. The molecule has 0 aliphatic heterocycles. The van der Waals surface area contributed by atoms with E-state index >= 15 is 0 Å². The second-order valence-corrected chi connectivity index (χ2v) is 8.12. The highest BCUT2D eigenvalue weighted by Gasteiger charge is 2.23. The zero-order chi connectivity index (χ0) is 21.9. The van der Waals surface area contributed by atoms with Crippen molar-refractivity contribution in [2.24, 2.45) is 5.73 Å². The van der Waals surface area contributed by atoms with Gasteiger partial charge in [-0.25, -0.2) is 0 Å². The average Bonchev–Trinajstić information content (AvgIpc) is 2.75. The summed E-state index contributed by atoms with van der Waals surface area (Å²) >= 11 is 0. The number of nitrogens with one attached hydrogen (secondary N) is 2. The number of nitrogens with two attached hydrogens (primary N) is 1. The Bertz CT molecular complexity index is 788. The number of amides is 1. The second kappa shape index (κ2) is 13.7. The maximum atomic E-state index is 12.8. The molecule has 0 aliphatic rings. The lowest BCUT2D eigenvalue weighted by molar-refractivity contribution is -0.128. The molecule has 0 fully saturated rings. The number of hydrogen-bond donors (Lipinski definition) is 3. The molecule has 5 heteroatoms. The van der Waals surface area contributed by atoms with Crippen molar-refractivity contribution in [1.29, 1.82) is 0 Å². The van der Waals surface area contributed by atoms with Gasteiger partial charge in [0.1, 0.15) is 0 Å². The van der Waals surface area contributed by atoms with Gasteiger partial charge in [0.25, 0.3) is 0 Å². The van der Waals surface area contributed by atoms with Crippen molar-refractivity contribution in [3.05, 3.63) is 71.3 Å². The summed E-state index contributed by atoms with van der Waals surface area (Å²) in [5.41, 5.74) is 8.99. The van der Waals surface area contributed by atoms with Gasteiger partial charge < -0.3 is 16.4 Å². The van der Waals surface area contributed by atoms with Crippen LogP contribution in [-0.2, 0) is 29.0 Å². The fourth-order valence-electron chi connectivity index (χ4n) is 3.37. The number of Topliss-reactive ketones (excluding diaryl/α,β-unsaturated/α-hetero) is 1. The van der Waals surface area contributed by atoms with Gasteiger partial charge in [0, 0.05) is 19.0 Å². The monoisotopic (exact) mass is 425 g/mol. The highest BCUT2D eigenvalue weighted by atomic mass is 16.2. The van der Waals surface area contributed by atoms with Gasteiger partial charge in [-0.15, -0.1) is 0 Å². The Morgan fingerprint density at radius 2 is 1.45 bits per heavy atom. The summed E-state index contributed by atoms with van der Waals surface area (Å²) in [6.07, 6.45) is 2.55. The van der Waals surface area contributed by atoms with Crippen LogP contribution in [0.4, 0.5) is 0 Å². The van der Waals surface area contributed by atoms with E-state index in [-0.39, 0.29) is 31.2 Å². The predicted octanol–water partition coefficient (Wildman–Crippen LogP) is 3.79. The number of hydrogen-bond acceptors (Lipinski definition) is 4. The van der Waals surface area contributed by atoms with Crippen LogP contribution in [0.5, 0.6) is 0 Å². The van der Waals surface area contributed by atoms with Crippen LogP contribution in [0.3, 0.4) is 0 Å². The Morgan fingerprint density at radius 3 is 2.03 bits per heavy atom. The van der Waals surface area contributed by atoms with Crippen molar-refractivity contribution < 1.29 is 9.59 Å². The topological polar surface area (TPSA) is 84.2 Å². The quantitative estimate of drug-likeness (QED) is 0.483. The third kappa shape index (κ3) is 9.45. The number of carbonyl (C=O) groups excluding carboxylic acids is 2. The number of ketones is 1. The molecule has 170 valence electrons. The van der Waals surface area contributed by atoms with Crippen LogP contribution < -0.4 is 16.4 Å². The molecule has 0 aromatic heterocycles. The molecule has 0 saturated carbocycles. The van der Waals surface area contributed by atoms with Crippen molar-refractivity contribution >= 4 is 11.7 Å². The van der Waals surface area contributed by atoms with Crippen LogP contribution in [0.1, 0.15) is 57.7 Å². The Labute approximate surface area is 187 Å². The van der Waals surface area contributed by atoms with Gasteiger partial charge in [0.2, 0.25) is 5.91 Å². The summed E-state index contributed by atoms with van der Waals surface area (Å²) in [4.78, 5) is 25.4. The molecule has 0 bridgehead atoms. The summed E-state index contributed by atoms with van der Waals surface area (Å²) in [7, 11) is 0. The van der Waals surface area contributed by atoms with E-state index in [1.165, 1.54) is 5.56 Å². The zero-order valence-corrected chi connectivity index (χ0v) is 18.4. The van der Waals surface area contributed by atoms with Crippen LogP contribution in [0.25, 0.3) is 0 Å². The largest absolute Gasteiger partial charge is 0.345 e. The summed E-state index contributed by atoms with van der Waals surface area (Å²) in [5.74, 6) is -0.0783. The minimum absolute atomic E-state index is 0. The maximum absolute atomic E-state index is 12.8. The predicted molar refractivity (Wildman–Crippen MR) is 129 cm³/mol. The minimum Gasteiger partial charge on any atom is -0.345 e. The maximum Gasteiger partial charge on any atom is 0.237 e. The van der Waals surface area contributed by atoms with Crippen molar-refractivity contribution in [2.45, 2.75) is 78.6 Å². The van der Waals surface area contributed by atoms with Crippen molar-refractivity contribution in [1.82, 2.24) is 10.6 Å². The third-order valence-corrected chi connectivity index (χ3v) is 5.18. The molecule has 4 N–H and O–H groups in total. The summed E-state index contributed by atoms with van der Waals surface area (Å²) in [5, 5.41) is 6.24. The molecule has 2 aromatic rings. The normalized spacial score (nSPS) is 12.7. The van der Waals surface area contributed by atoms with Gasteiger partial charge >= 0.3 is 0 Å². The number of aryl methyl sites for hydroxylation is 2. The lowest BCUT2D eigenvalue weighted by Gasteiger charge is -2.23. The van der Waals surface area contributed by atoms with Gasteiger partial charge in [-0.05, 0) is 42.9 Å². The highest BCUT2D eigenvalue weighted by Crippen LogP contribution is 2.09. The van der Waals surface area contributed by atoms with E-state index in [1.807, 2.05) is 56.3 Å². The van der Waals surface area contributed by atoms with Gasteiger partial charge in [-0.3, -0.25) is 9.59 Å². The number of carbonyl (C=O) groups is 2. The first kappa shape index (κ1) is 26.5. The molecule has 2 aromatic carbocycles. The Morgan fingerprint density at radius 1 is 0.871 bits per heavy atom. The number of rotatable bonds is 12. The fraction of sp³-hybridized carbons (Fsp3) is 0.462. The van der Waals surface area contributed by atoms with Crippen LogP contribution in [0.2, 0.25) is 0 Å². The van der Waals surface area contributed by atoms with E-state index < -0.39 is 6.04 Å². The van der Waals surface area contributed by atoms with Gasteiger partial charge in [0.05, 0.1) is 12.1 Å². The van der Waals surface area contributed by atoms with E-state index in [4.69, 9.17) is 5.73 Å². The minimum atomic E-state index is -0.506. The molecule has 31 heavy (non-hydrogen) atoms. The second-order valence-electron chi connectivity index (χ2n) is 8.12. The highest BCUT2D eigenvalue weighted by molar-refractivity contribution is 5.90. The first-order valence-corrected chi connectivity index (χ1v) is 10.8. The lowest BCUT2D eigenvalue weighted by Crippen LogP contribution is -2.51. The van der Waals surface area contributed by atoms with Crippen LogP contribution in [0, 0.1) is 0 Å². The molecule has 1 amide bonds. The molecule has 0 radical (unpaired) electrons. The Kier molecular flexibility index (Phi) is 11.8. The van der Waals surface area contributed by atoms with Crippen LogP contribution in [0.15, 0.2) is 54.6 Å². The molecule has 0 saturated heterocycles. The summed E-state index contributed by atoms with van der Waals surface area (Å²) in [6.45, 7) is 6.32. The van der Waals surface area contributed by atoms with Crippen molar-refractivity contribution in [2.75, 3.05) is 0 Å². The molecule has 0 aliphatic carbocycles. The molecule has 2 atom stereocenters. The van der Waals surface area contributed by atoms with Crippen LogP contribution in [-0.4, -0.2) is 29.8 Å². The number of benzene rings is 2. The van der Waals surface area contributed by atoms with E-state index in [9.17, 15) is 9.59 Å². The van der Waals surface area contributed by atoms with E-state index in [0.29, 0.717) is 25.8 Å². The van der Waals surface area contributed by atoms with Crippen molar-refractivity contribution in [3.63, 3.8) is 0 Å². The summed E-state index contributed by atoms with van der Waals surface area (Å²) in [6, 6.07) is 17.5. The fourth-order valence-corrected chi connectivity index (χ4v) is 3.37. The Hall–Kier alpha value is -2.50. The van der Waals surface area contributed by atoms with E-state index in [2.05, 4.69) is 22.8 Å². The van der Waals surface area contributed by atoms with E-state index in [1.54, 1.807) is 6.92 Å². The van der Waals surface area contributed by atoms with Gasteiger partial charge in [-0.2, -0.15) is 0 Å². The molecule has 0 unspecified atom stereocenters. The summed E-state index contributed by atoms with van der Waals surface area (Å²) < 4.78 is 0. The first-order chi connectivity index (χ1) is 14.4. The average molecular weight is 426 g/mol. The van der Waals surface area contributed by atoms with Crippen LogP contribution >= 0.6 is 0 Å². The standard InChI is InChI=1S/C25H35N3O2.CH4/c1-18(2)27-23(15-13-20-7-5-4-6-8-20)25(30)28-19(3)24(29)16-14-21-9-11-22(17-26)12-10-21;/h4-12,18-19,23,27H,13-17,26H2,1-3H3,(H,28,30);1H4/t19-,23+;/m0./s1.